The summed E-state index contributed by atoms with van der Waals surface area (Å²) in [5.41, 5.74) is 1.98. The summed E-state index contributed by atoms with van der Waals surface area (Å²) in [6.07, 6.45) is 5.31. The summed E-state index contributed by atoms with van der Waals surface area (Å²) in [7, 11) is 1.43. The number of aromatic hydroxyl groups is 1. The van der Waals surface area contributed by atoms with E-state index in [-0.39, 0.29) is 17.1 Å². The highest BCUT2D eigenvalue weighted by molar-refractivity contribution is 14.1. The number of carbonyl (C=O) groups excluding carboxylic acids is 1. The average Bonchev–Trinajstić information content (AvgIpc) is 3.05. The fourth-order valence-corrected chi connectivity index (χ4v) is 4.95. The molecule has 1 aromatic carbocycles. The van der Waals surface area contributed by atoms with E-state index in [9.17, 15) is 20.4 Å². The SMILES string of the molecule is COc1cc(/C=C(\C#N)C(=O)Nc2sc3c(c2C#N)CCCC3)cc(I)c1O. The number of nitriles is 2. The zero-order valence-corrected chi connectivity index (χ0v) is 18.0. The van der Waals surface area contributed by atoms with E-state index in [1.165, 1.54) is 24.5 Å². The van der Waals surface area contributed by atoms with E-state index in [0.717, 1.165) is 36.1 Å². The van der Waals surface area contributed by atoms with Crippen LogP contribution in [0.4, 0.5) is 5.00 Å². The lowest BCUT2D eigenvalue weighted by Crippen LogP contribution is -2.13. The minimum absolute atomic E-state index is 0.00559. The topological polar surface area (TPSA) is 106 Å². The largest absolute Gasteiger partial charge is 0.504 e. The summed E-state index contributed by atoms with van der Waals surface area (Å²) < 4.78 is 5.65. The molecule has 1 amide bonds. The molecular weight excluding hydrogens is 489 g/mol. The number of methoxy groups -OCH3 is 1. The van der Waals surface area contributed by atoms with Crippen LogP contribution in [0.1, 0.15) is 34.4 Å². The van der Waals surface area contributed by atoms with Crippen molar-refractivity contribution < 1.29 is 14.6 Å². The number of ether oxygens (including phenoxy) is 1. The minimum Gasteiger partial charge on any atom is -0.504 e. The Morgan fingerprint density at radius 3 is 2.79 bits per heavy atom. The quantitative estimate of drug-likeness (QED) is 0.365. The van der Waals surface area contributed by atoms with Crippen molar-refractivity contribution in [3.05, 3.63) is 42.8 Å². The predicted molar refractivity (Wildman–Crippen MR) is 115 cm³/mol. The first-order chi connectivity index (χ1) is 13.5. The van der Waals surface area contributed by atoms with Crippen LogP contribution in [0.25, 0.3) is 6.08 Å². The van der Waals surface area contributed by atoms with Crippen molar-refractivity contribution in [2.45, 2.75) is 25.7 Å². The van der Waals surface area contributed by atoms with Crippen LogP contribution in [0.3, 0.4) is 0 Å². The molecule has 1 aromatic heterocycles. The Hall–Kier alpha value is -2.56. The number of nitrogens with one attached hydrogen (secondary N) is 1. The number of nitrogens with zero attached hydrogens (tertiary/aromatic N) is 2. The Morgan fingerprint density at radius 1 is 1.36 bits per heavy atom. The molecule has 2 aromatic rings. The van der Waals surface area contributed by atoms with Crippen LogP contribution in [0, 0.1) is 26.2 Å². The number of rotatable bonds is 4. The predicted octanol–water partition coefficient (Wildman–Crippen LogP) is 4.36. The number of phenolic OH excluding ortho intramolecular Hbond substituents is 1. The van der Waals surface area contributed by atoms with E-state index in [0.29, 0.717) is 19.7 Å². The lowest BCUT2D eigenvalue weighted by molar-refractivity contribution is -0.112. The Morgan fingerprint density at radius 2 is 2.11 bits per heavy atom. The van der Waals surface area contributed by atoms with Crippen molar-refractivity contribution in [1.29, 1.82) is 10.5 Å². The lowest BCUT2D eigenvalue weighted by Gasteiger charge is -2.09. The van der Waals surface area contributed by atoms with Gasteiger partial charge in [0.25, 0.3) is 5.91 Å². The maximum absolute atomic E-state index is 12.6. The molecule has 0 spiro atoms. The summed E-state index contributed by atoms with van der Waals surface area (Å²) >= 11 is 3.36. The zero-order valence-electron chi connectivity index (χ0n) is 15.0. The van der Waals surface area contributed by atoms with Crippen LogP contribution in [-0.2, 0) is 17.6 Å². The van der Waals surface area contributed by atoms with Crippen molar-refractivity contribution in [2.75, 3.05) is 12.4 Å². The molecule has 0 radical (unpaired) electrons. The molecule has 2 N–H and O–H groups in total. The molecule has 0 aliphatic heterocycles. The van der Waals surface area contributed by atoms with Gasteiger partial charge in [0.1, 0.15) is 22.7 Å². The minimum atomic E-state index is -0.570. The smallest absolute Gasteiger partial charge is 0.266 e. The van der Waals surface area contributed by atoms with Gasteiger partial charge in [-0.2, -0.15) is 10.5 Å². The Bertz CT molecular complexity index is 1060. The van der Waals surface area contributed by atoms with E-state index < -0.39 is 5.91 Å². The molecule has 0 atom stereocenters. The zero-order chi connectivity index (χ0) is 20.3. The van der Waals surface area contributed by atoms with Crippen molar-refractivity contribution in [1.82, 2.24) is 0 Å². The fourth-order valence-electron chi connectivity index (χ4n) is 3.09. The molecule has 1 heterocycles. The molecule has 6 nitrogen and oxygen atoms in total. The highest BCUT2D eigenvalue weighted by Gasteiger charge is 2.22. The summed E-state index contributed by atoms with van der Waals surface area (Å²) in [5.74, 6) is -0.306. The van der Waals surface area contributed by atoms with Gasteiger partial charge in [-0.05, 0) is 77.6 Å². The number of amides is 1. The third kappa shape index (κ3) is 3.98. The second-order valence-corrected chi connectivity index (χ2v) is 8.47. The number of hydrogen-bond donors (Lipinski definition) is 2. The monoisotopic (exact) mass is 505 g/mol. The first kappa shape index (κ1) is 20.2. The van der Waals surface area contributed by atoms with Crippen LogP contribution in [-0.4, -0.2) is 18.1 Å². The molecule has 8 heteroatoms. The van der Waals surface area contributed by atoms with E-state index in [1.54, 1.807) is 12.1 Å². The number of fused-ring (bicyclic) bond motifs is 1. The van der Waals surface area contributed by atoms with Gasteiger partial charge in [0.15, 0.2) is 11.5 Å². The van der Waals surface area contributed by atoms with E-state index in [4.69, 9.17) is 4.74 Å². The number of carbonyl (C=O) groups is 1. The second-order valence-electron chi connectivity index (χ2n) is 6.20. The Kier molecular flexibility index (Phi) is 6.22. The van der Waals surface area contributed by atoms with Gasteiger partial charge >= 0.3 is 0 Å². The third-order valence-electron chi connectivity index (χ3n) is 4.46. The average molecular weight is 505 g/mol. The van der Waals surface area contributed by atoms with Crippen molar-refractivity contribution in [2.24, 2.45) is 0 Å². The maximum Gasteiger partial charge on any atom is 0.266 e. The summed E-state index contributed by atoms with van der Waals surface area (Å²) in [6.45, 7) is 0. The number of thiophene rings is 1. The number of aryl methyl sites for hydroxylation is 1. The van der Waals surface area contributed by atoms with Gasteiger partial charge in [-0.15, -0.1) is 11.3 Å². The molecule has 28 heavy (non-hydrogen) atoms. The standard InChI is InChI=1S/C20H16IN3O3S/c1-27-16-8-11(7-15(21)18(16)25)6-12(9-22)19(26)24-20-14(10-23)13-4-2-3-5-17(13)28-20/h6-8,25H,2-5H2,1H3,(H,24,26)/b12-6+. The maximum atomic E-state index is 12.6. The molecule has 0 fully saturated rings. The molecule has 0 saturated carbocycles. The Balaban J connectivity index is 1.91. The van der Waals surface area contributed by atoms with Gasteiger partial charge in [0, 0.05) is 4.88 Å². The number of anilines is 1. The van der Waals surface area contributed by atoms with Crippen LogP contribution >= 0.6 is 33.9 Å². The number of halogens is 1. The third-order valence-corrected chi connectivity index (χ3v) is 6.49. The van der Waals surface area contributed by atoms with Gasteiger partial charge < -0.3 is 15.2 Å². The summed E-state index contributed by atoms with van der Waals surface area (Å²) in [4.78, 5) is 13.8. The molecule has 1 aliphatic carbocycles. The van der Waals surface area contributed by atoms with Gasteiger partial charge in [0.2, 0.25) is 0 Å². The Labute approximate surface area is 180 Å². The van der Waals surface area contributed by atoms with Gasteiger partial charge in [-0.1, -0.05) is 0 Å². The molecule has 0 saturated heterocycles. The van der Waals surface area contributed by atoms with Gasteiger partial charge in [0.05, 0.1) is 16.2 Å². The lowest BCUT2D eigenvalue weighted by atomic mass is 9.96. The van der Waals surface area contributed by atoms with Crippen LogP contribution in [0.15, 0.2) is 17.7 Å². The van der Waals surface area contributed by atoms with E-state index >= 15 is 0 Å². The molecule has 3 rings (SSSR count). The molecule has 1 aliphatic rings. The number of hydrogen-bond acceptors (Lipinski definition) is 6. The fraction of sp³-hybridized carbons (Fsp3) is 0.250. The molecule has 0 unspecified atom stereocenters. The second kappa shape index (κ2) is 8.63. The van der Waals surface area contributed by atoms with E-state index in [1.807, 2.05) is 28.7 Å². The van der Waals surface area contributed by atoms with Crippen molar-refractivity contribution >= 4 is 50.9 Å². The summed E-state index contributed by atoms with van der Waals surface area (Å²) in [5, 5.41) is 32.1. The van der Waals surface area contributed by atoms with Crippen LogP contribution in [0.5, 0.6) is 11.5 Å². The molecule has 0 bridgehead atoms. The highest BCUT2D eigenvalue weighted by atomic mass is 127. The first-order valence-corrected chi connectivity index (χ1v) is 10.4. The van der Waals surface area contributed by atoms with Crippen LogP contribution < -0.4 is 10.1 Å². The normalized spacial score (nSPS) is 13.2. The number of benzene rings is 1. The van der Waals surface area contributed by atoms with E-state index in [2.05, 4.69) is 11.4 Å². The van der Waals surface area contributed by atoms with Gasteiger partial charge in [-0.3, -0.25) is 4.79 Å². The summed E-state index contributed by atoms with van der Waals surface area (Å²) in [6, 6.07) is 7.29. The van der Waals surface area contributed by atoms with Gasteiger partial charge in [-0.25, -0.2) is 0 Å². The van der Waals surface area contributed by atoms with Crippen molar-refractivity contribution in [3.63, 3.8) is 0 Å². The van der Waals surface area contributed by atoms with Crippen LogP contribution in [0.2, 0.25) is 0 Å². The first-order valence-electron chi connectivity index (χ1n) is 8.52. The van der Waals surface area contributed by atoms with Crippen molar-refractivity contribution in [3.8, 4) is 23.6 Å². The molecular formula is C20H16IN3O3S. The molecule has 142 valence electrons. The highest BCUT2D eigenvalue weighted by Crippen LogP contribution is 2.38. The number of phenols is 1.